The summed E-state index contributed by atoms with van der Waals surface area (Å²) in [5.41, 5.74) is 2.39. The first-order valence-corrected chi connectivity index (χ1v) is 6.27. The maximum absolute atomic E-state index is 5.95. The fourth-order valence-corrected chi connectivity index (χ4v) is 1.82. The summed E-state index contributed by atoms with van der Waals surface area (Å²) in [6.45, 7) is 4.54. The van der Waals surface area contributed by atoms with E-state index in [1.54, 1.807) is 6.07 Å². The second-order valence-electron chi connectivity index (χ2n) is 4.04. The van der Waals surface area contributed by atoms with Gasteiger partial charge in [-0.25, -0.2) is 4.98 Å². The Balaban J connectivity index is 2.20. The van der Waals surface area contributed by atoms with Gasteiger partial charge in [0, 0.05) is 12.5 Å². The van der Waals surface area contributed by atoms with Crippen molar-refractivity contribution < 1.29 is 4.74 Å². The molecule has 1 aromatic carbocycles. The Hall–Kier alpha value is -1.61. The number of aryl methyl sites for hydroxylation is 1. The third-order valence-electron chi connectivity index (χ3n) is 2.49. The molecular weight excluding hydrogens is 248 g/mol. The third-order valence-corrected chi connectivity index (χ3v) is 2.69. The zero-order valence-electron chi connectivity index (χ0n) is 10.5. The van der Waals surface area contributed by atoms with Crippen LogP contribution in [0.4, 0.5) is 0 Å². The molecule has 0 fully saturated rings. The lowest BCUT2D eigenvalue weighted by molar-refractivity contribution is 0.325. The minimum absolute atomic E-state index is 0.413. The number of hydrogen-bond acceptors (Lipinski definition) is 3. The Kier molecular flexibility index (Phi) is 4.15. The summed E-state index contributed by atoms with van der Waals surface area (Å²) in [6, 6.07) is 9.91. The van der Waals surface area contributed by atoms with E-state index in [9.17, 15) is 0 Å². The van der Waals surface area contributed by atoms with E-state index in [0.29, 0.717) is 29.9 Å². The Morgan fingerprint density at radius 1 is 1.17 bits per heavy atom. The molecule has 0 spiro atoms. The molecule has 1 aromatic heterocycles. The highest BCUT2D eigenvalue weighted by molar-refractivity contribution is 6.29. The molecule has 2 aromatic rings. The number of aromatic nitrogens is 2. The van der Waals surface area contributed by atoms with Gasteiger partial charge in [0.1, 0.15) is 11.0 Å². The van der Waals surface area contributed by atoms with Crippen LogP contribution in [0.25, 0.3) is 0 Å². The fraction of sp³-hybridized carbons (Fsp3) is 0.286. The van der Waals surface area contributed by atoms with E-state index in [2.05, 4.69) is 41.2 Å². The summed E-state index contributed by atoms with van der Waals surface area (Å²) in [5, 5.41) is 0.413. The third kappa shape index (κ3) is 3.44. The van der Waals surface area contributed by atoms with Crippen molar-refractivity contribution >= 4 is 11.6 Å². The monoisotopic (exact) mass is 262 g/mol. The molecule has 0 unspecified atom stereocenters. The predicted octanol–water partition coefficient (Wildman–Crippen LogP) is 3.43. The number of benzene rings is 1. The Morgan fingerprint density at radius 2 is 1.89 bits per heavy atom. The lowest BCUT2D eigenvalue weighted by atomic mass is 10.1. The van der Waals surface area contributed by atoms with E-state index in [1.807, 2.05) is 6.92 Å². The van der Waals surface area contributed by atoms with E-state index >= 15 is 0 Å². The zero-order valence-corrected chi connectivity index (χ0v) is 11.2. The molecule has 94 valence electrons. The van der Waals surface area contributed by atoms with Crippen LogP contribution in [0.3, 0.4) is 0 Å². The van der Waals surface area contributed by atoms with Crippen LogP contribution in [-0.2, 0) is 6.42 Å². The molecule has 0 aliphatic rings. The highest BCUT2D eigenvalue weighted by Crippen LogP contribution is 2.16. The van der Waals surface area contributed by atoms with Gasteiger partial charge in [-0.1, -0.05) is 41.4 Å². The van der Waals surface area contributed by atoms with E-state index in [1.165, 1.54) is 5.56 Å². The van der Waals surface area contributed by atoms with Crippen molar-refractivity contribution in [1.82, 2.24) is 9.97 Å². The van der Waals surface area contributed by atoms with Crippen LogP contribution in [0.5, 0.6) is 5.88 Å². The predicted molar refractivity (Wildman–Crippen MR) is 72.2 cm³/mol. The molecule has 0 saturated heterocycles. The lowest BCUT2D eigenvalue weighted by Crippen LogP contribution is -2.01. The number of halogens is 1. The highest BCUT2D eigenvalue weighted by atomic mass is 35.5. The summed E-state index contributed by atoms with van der Waals surface area (Å²) in [5.74, 6) is 1.20. The van der Waals surface area contributed by atoms with Gasteiger partial charge in [0.25, 0.3) is 0 Å². The SMILES string of the molecule is CCOc1cc(Cl)nc(Cc2ccc(C)cc2)n1. The van der Waals surface area contributed by atoms with Crippen LogP contribution in [0.1, 0.15) is 23.9 Å². The maximum atomic E-state index is 5.95. The Labute approximate surface area is 112 Å². The average molecular weight is 263 g/mol. The molecule has 0 aliphatic heterocycles. The van der Waals surface area contributed by atoms with Crippen molar-refractivity contribution in [1.29, 1.82) is 0 Å². The average Bonchev–Trinajstić information content (AvgIpc) is 2.32. The second kappa shape index (κ2) is 5.83. The quantitative estimate of drug-likeness (QED) is 0.792. The molecule has 0 atom stereocenters. The van der Waals surface area contributed by atoms with E-state index in [4.69, 9.17) is 16.3 Å². The molecule has 18 heavy (non-hydrogen) atoms. The van der Waals surface area contributed by atoms with Crippen LogP contribution in [-0.4, -0.2) is 16.6 Å². The molecule has 1 heterocycles. The first kappa shape index (κ1) is 12.8. The van der Waals surface area contributed by atoms with Crippen LogP contribution >= 0.6 is 11.6 Å². The minimum atomic E-state index is 0.413. The molecule has 2 rings (SSSR count). The summed E-state index contributed by atoms with van der Waals surface area (Å²) in [4.78, 5) is 8.53. The molecule has 0 saturated carbocycles. The van der Waals surface area contributed by atoms with Crippen molar-refractivity contribution in [2.45, 2.75) is 20.3 Å². The van der Waals surface area contributed by atoms with Crippen LogP contribution in [0.2, 0.25) is 5.15 Å². The van der Waals surface area contributed by atoms with Crippen molar-refractivity contribution in [3.05, 3.63) is 52.4 Å². The second-order valence-corrected chi connectivity index (χ2v) is 4.43. The minimum Gasteiger partial charge on any atom is -0.478 e. The molecular formula is C14H15ClN2O. The van der Waals surface area contributed by atoms with Crippen molar-refractivity contribution in [2.24, 2.45) is 0 Å². The topological polar surface area (TPSA) is 35.0 Å². The van der Waals surface area contributed by atoms with Gasteiger partial charge in [0.15, 0.2) is 0 Å². The summed E-state index contributed by atoms with van der Waals surface area (Å²) < 4.78 is 5.35. The van der Waals surface area contributed by atoms with Crippen LogP contribution in [0.15, 0.2) is 30.3 Å². The van der Waals surface area contributed by atoms with E-state index in [-0.39, 0.29) is 0 Å². The van der Waals surface area contributed by atoms with Crippen molar-refractivity contribution in [3.63, 3.8) is 0 Å². The summed E-state index contributed by atoms with van der Waals surface area (Å²) in [6.07, 6.45) is 0.654. The van der Waals surface area contributed by atoms with Gasteiger partial charge < -0.3 is 4.74 Å². The summed E-state index contributed by atoms with van der Waals surface area (Å²) >= 11 is 5.95. The lowest BCUT2D eigenvalue weighted by Gasteiger charge is -2.06. The van der Waals surface area contributed by atoms with Crippen LogP contribution in [0, 0.1) is 6.92 Å². The first-order chi connectivity index (χ1) is 8.67. The molecule has 3 nitrogen and oxygen atoms in total. The summed E-state index contributed by atoms with van der Waals surface area (Å²) in [7, 11) is 0. The highest BCUT2D eigenvalue weighted by Gasteiger charge is 2.05. The normalized spacial score (nSPS) is 10.4. The first-order valence-electron chi connectivity index (χ1n) is 5.89. The van der Waals surface area contributed by atoms with Crippen molar-refractivity contribution in [2.75, 3.05) is 6.61 Å². The van der Waals surface area contributed by atoms with Crippen LogP contribution < -0.4 is 4.74 Å². The Bertz CT molecular complexity index is 526. The van der Waals surface area contributed by atoms with Gasteiger partial charge in [0.2, 0.25) is 5.88 Å². The smallest absolute Gasteiger partial charge is 0.218 e. The van der Waals surface area contributed by atoms with Crippen molar-refractivity contribution in [3.8, 4) is 5.88 Å². The molecule has 0 radical (unpaired) electrons. The van der Waals surface area contributed by atoms with Gasteiger partial charge in [-0.2, -0.15) is 4.98 Å². The number of nitrogens with zero attached hydrogens (tertiary/aromatic N) is 2. The fourth-order valence-electron chi connectivity index (χ4n) is 1.63. The Morgan fingerprint density at radius 3 is 2.56 bits per heavy atom. The molecule has 0 amide bonds. The van der Waals surface area contributed by atoms with E-state index < -0.39 is 0 Å². The van der Waals surface area contributed by atoms with Gasteiger partial charge in [-0.3, -0.25) is 0 Å². The molecule has 4 heteroatoms. The zero-order chi connectivity index (χ0) is 13.0. The van der Waals surface area contributed by atoms with Gasteiger partial charge in [0.05, 0.1) is 6.61 Å². The van der Waals surface area contributed by atoms with E-state index in [0.717, 1.165) is 5.56 Å². The maximum Gasteiger partial charge on any atom is 0.218 e. The van der Waals surface area contributed by atoms with Gasteiger partial charge >= 0.3 is 0 Å². The van der Waals surface area contributed by atoms with Gasteiger partial charge in [-0.05, 0) is 19.4 Å². The number of rotatable bonds is 4. The molecule has 0 aliphatic carbocycles. The molecule has 0 N–H and O–H groups in total. The largest absolute Gasteiger partial charge is 0.478 e. The number of ether oxygens (including phenoxy) is 1. The number of hydrogen-bond donors (Lipinski definition) is 0. The van der Waals surface area contributed by atoms with Gasteiger partial charge in [-0.15, -0.1) is 0 Å². The molecule has 0 bridgehead atoms. The standard InChI is InChI=1S/C14H15ClN2O/c1-3-18-14-9-12(15)16-13(17-14)8-11-6-4-10(2)5-7-11/h4-7,9H,3,8H2,1-2H3.